The van der Waals surface area contributed by atoms with E-state index in [0.717, 1.165) is 61.6 Å². The molecule has 230 valence electrons. The van der Waals surface area contributed by atoms with Crippen LogP contribution in [0.15, 0.2) is 170 Å². The number of rotatable bonds is 11. The lowest BCUT2D eigenvalue weighted by Crippen LogP contribution is -2.09. The highest BCUT2D eigenvalue weighted by atomic mass is 16.3. The first kappa shape index (κ1) is 31.3. The van der Waals surface area contributed by atoms with E-state index in [1.165, 1.54) is 0 Å². The summed E-state index contributed by atoms with van der Waals surface area (Å²) in [5.74, 6) is 0. The fourth-order valence-electron chi connectivity index (χ4n) is 5.44. The molecule has 0 atom stereocenters. The Morgan fingerprint density at radius 3 is 1.23 bits per heavy atom. The summed E-state index contributed by atoms with van der Waals surface area (Å²) in [7, 11) is 0. The summed E-state index contributed by atoms with van der Waals surface area (Å²) in [6.07, 6.45) is 10.6. The number of nitrogens with zero attached hydrogens (tertiary/aromatic N) is 1. The van der Waals surface area contributed by atoms with Gasteiger partial charge in [0.2, 0.25) is 0 Å². The van der Waals surface area contributed by atoms with Crippen LogP contribution in [0.1, 0.15) is 38.9 Å². The number of anilines is 3. The molecule has 0 aliphatic carbocycles. The third-order valence-corrected chi connectivity index (χ3v) is 8.03. The number of benzene rings is 6. The van der Waals surface area contributed by atoms with Crippen molar-refractivity contribution < 1.29 is 10.2 Å². The number of allylic oxidation sites excluding steroid dienone is 2. The minimum Gasteiger partial charge on any atom is -0.392 e. The quantitative estimate of drug-likeness (QED) is 0.113. The van der Waals surface area contributed by atoms with E-state index in [4.69, 9.17) is 0 Å². The Hall–Kier alpha value is -5.74. The SMILES string of the molecule is OCc1ccc(C(=CC=Cc2ccc(C=Cc3ccc(N(c4ccccc4)c4ccccc4)cc3)cc2)c2ccc(CO)cc2)cc1. The van der Waals surface area contributed by atoms with Crippen LogP contribution in [0.5, 0.6) is 0 Å². The summed E-state index contributed by atoms with van der Waals surface area (Å²) >= 11 is 0. The highest BCUT2D eigenvalue weighted by Gasteiger charge is 2.11. The molecule has 0 aromatic heterocycles. The molecule has 0 fully saturated rings. The molecule has 6 aromatic carbocycles. The second kappa shape index (κ2) is 15.5. The van der Waals surface area contributed by atoms with Gasteiger partial charge in [0.15, 0.2) is 0 Å². The van der Waals surface area contributed by atoms with Gasteiger partial charge < -0.3 is 15.1 Å². The van der Waals surface area contributed by atoms with Crippen molar-refractivity contribution in [2.45, 2.75) is 13.2 Å². The maximum absolute atomic E-state index is 9.47. The van der Waals surface area contributed by atoms with E-state index in [0.29, 0.717) is 0 Å². The van der Waals surface area contributed by atoms with Crippen LogP contribution < -0.4 is 4.90 Å². The molecular formula is C44H37NO2. The lowest BCUT2D eigenvalue weighted by atomic mass is 9.95. The van der Waals surface area contributed by atoms with E-state index in [1.807, 2.05) is 60.7 Å². The molecule has 0 amide bonds. The molecular weight excluding hydrogens is 574 g/mol. The summed E-state index contributed by atoms with van der Waals surface area (Å²) in [4.78, 5) is 2.26. The standard InChI is InChI=1S/C44H37NO2/c46-32-37-20-26-39(27-21-37)44(40-28-22-38(33-47)23-29-40)13-7-8-34-14-16-35(17-15-34)18-19-36-24-30-43(31-25-36)45(41-9-3-1-4-10-41)42-11-5-2-6-12-42/h1-31,46-47H,32-33H2. The minimum absolute atomic E-state index is 0.0180. The molecule has 0 saturated heterocycles. The van der Waals surface area contributed by atoms with Crippen molar-refractivity contribution in [2.75, 3.05) is 4.90 Å². The van der Waals surface area contributed by atoms with Crippen molar-refractivity contribution in [3.05, 3.63) is 209 Å². The van der Waals surface area contributed by atoms with Crippen molar-refractivity contribution >= 4 is 40.9 Å². The average Bonchev–Trinajstić information content (AvgIpc) is 3.15. The first-order chi connectivity index (χ1) is 23.2. The van der Waals surface area contributed by atoms with E-state index in [-0.39, 0.29) is 13.2 Å². The Balaban J connectivity index is 1.16. The predicted octanol–water partition coefficient (Wildman–Crippen LogP) is 10.5. The number of para-hydroxylation sites is 2. The molecule has 3 heteroatoms. The van der Waals surface area contributed by atoms with Gasteiger partial charge in [0, 0.05) is 17.1 Å². The lowest BCUT2D eigenvalue weighted by Gasteiger charge is -2.25. The van der Waals surface area contributed by atoms with Crippen LogP contribution in [0, 0.1) is 0 Å². The van der Waals surface area contributed by atoms with Gasteiger partial charge in [0.25, 0.3) is 0 Å². The second-order valence-corrected chi connectivity index (χ2v) is 11.2. The smallest absolute Gasteiger partial charge is 0.0681 e. The molecule has 0 unspecified atom stereocenters. The van der Waals surface area contributed by atoms with Gasteiger partial charge in [0.1, 0.15) is 0 Å². The van der Waals surface area contributed by atoms with Gasteiger partial charge in [-0.3, -0.25) is 0 Å². The van der Waals surface area contributed by atoms with E-state index in [1.54, 1.807) is 0 Å². The van der Waals surface area contributed by atoms with Gasteiger partial charge in [-0.2, -0.15) is 0 Å². The van der Waals surface area contributed by atoms with Crippen LogP contribution in [-0.4, -0.2) is 10.2 Å². The molecule has 0 saturated carbocycles. The second-order valence-electron chi connectivity index (χ2n) is 11.2. The molecule has 2 N–H and O–H groups in total. The van der Waals surface area contributed by atoms with E-state index in [9.17, 15) is 10.2 Å². The summed E-state index contributed by atoms with van der Waals surface area (Å²) in [6, 6.07) is 53.9. The fourth-order valence-corrected chi connectivity index (χ4v) is 5.44. The van der Waals surface area contributed by atoms with Crippen molar-refractivity contribution in [1.82, 2.24) is 0 Å². The molecule has 0 spiro atoms. The predicted molar refractivity (Wildman–Crippen MR) is 197 cm³/mol. The van der Waals surface area contributed by atoms with E-state index < -0.39 is 0 Å². The van der Waals surface area contributed by atoms with Gasteiger partial charge in [-0.05, 0) is 80.9 Å². The van der Waals surface area contributed by atoms with Crippen LogP contribution in [0.25, 0.3) is 23.8 Å². The zero-order valence-electron chi connectivity index (χ0n) is 26.2. The summed E-state index contributed by atoms with van der Waals surface area (Å²) in [5.41, 5.74) is 11.7. The van der Waals surface area contributed by atoms with Crippen molar-refractivity contribution in [3.63, 3.8) is 0 Å². The Morgan fingerprint density at radius 1 is 0.426 bits per heavy atom. The molecule has 0 bridgehead atoms. The Kier molecular flexibility index (Phi) is 10.3. The number of hydrogen-bond acceptors (Lipinski definition) is 3. The van der Waals surface area contributed by atoms with Gasteiger partial charge in [-0.25, -0.2) is 0 Å². The van der Waals surface area contributed by atoms with Gasteiger partial charge in [-0.15, -0.1) is 0 Å². The minimum atomic E-state index is 0.0180. The Morgan fingerprint density at radius 2 is 0.809 bits per heavy atom. The number of aliphatic hydroxyl groups is 2. The van der Waals surface area contributed by atoms with Crippen molar-refractivity contribution in [3.8, 4) is 0 Å². The maximum Gasteiger partial charge on any atom is 0.0681 e. The highest BCUT2D eigenvalue weighted by Crippen LogP contribution is 2.34. The third kappa shape index (κ3) is 8.11. The first-order valence-electron chi connectivity index (χ1n) is 15.8. The Labute approximate surface area is 277 Å². The van der Waals surface area contributed by atoms with E-state index in [2.05, 4.69) is 132 Å². The molecule has 0 aliphatic heterocycles. The molecule has 0 aliphatic rings. The summed E-state index contributed by atoms with van der Waals surface area (Å²) < 4.78 is 0. The lowest BCUT2D eigenvalue weighted by molar-refractivity contribution is 0.281. The van der Waals surface area contributed by atoms with Gasteiger partial charge >= 0.3 is 0 Å². The van der Waals surface area contributed by atoms with Crippen LogP contribution >= 0.6 is 0 Å². The topological polar surface area (TPSA) is 43.7 Å². The van der Waals surface area contributed by atoms with Crippen molar-refractivity contribution in [2.24, 2.45) is 0 Å². The molecule has 47 heavy (non-hydrogen) atoms. The molecule has 3 nitrogen and oxygen atoms in total. The van der Waals surface area contributed by atoms with Crippen LogP contribution in [0.3, 0.4) is 0 Å². The third-order valence-electron chi connectivity index (χ3n) is 8.03. The Bertz CT molecular complexity index is 1850. The molecule has 6 aromatic rings. The zero-order valence-corrected chi connectivity index (χ0v) is 26.2. The monoisotopic (exact) mass is 611 g/mol. The van der Waals surface area contributed by atoms with Gasteiger partial charge in [-0.1, -0.05) is 152 Å². The number of aliphatic hydroxyl groups excluding tert-OH is 2. The van der Waals surface area contributed by atoms with E-state index >= 15 is 0 Å². The molecule has 0 heterocycles. The summed E-state index contributed by atoms with van der Waals surface area (Å²) in [5, 5.41) is 18.9. The first-order valence-corrected chi connectivity index (χ1v) is 15.8. The van der Waals surface area contributed by atoms with Crippen LogP contribution in [0.4, 0.5) is 17.1 Å². The average molecular weight is 612 g/mol. The fraction of sp³-hybridized carbons (Fsp3) is 0.0455. The highest BCUT2D eigenvalue weighted by molar-refractivity contribution is 5.82. The normalized spacial score (nSPS) is 11.2. The summed E-state index contributed by atoms with van der Waals surface area (Å²) in [6.45, 7) is 0.0360. The number of hydrogen-bond donors (Lipinski definition) is 2. The molecule has 6 rings (SSSR count). The maximum atomic E-state index is 9.47. The van der Waals surface area contributed by atoms with Gasteiger partial charge in [0.05, 0.1) is 13.2 Å². The largest absolute Gasteiger partial charge is 0.392 e. The van der Waals surface area contributed by atoms with Crippen LogP contribution in [-0.2, 0) is 13.2 Å². The zero-order chi connectivity index (χ0) is 32.3. The van der Waals surface area contributed by atoms with Crippen LogP contribution in [0.2, 0.25) is 0 Å². The molecule has 0 radical (unpaired) electrons. The van der Waals surface area contributed by atoms with Crippen molar-refractivity contribution in [1.29, 1.82) is 0 Å².